The maximum absolute atomic E-state index is 12.8. The molecule has 0 saturated carbocycles. The van der Waals surface area contributed by atoms with E-state index >= 15 is 0 Å². The molecule has 1 amide bonds. The minimum atomic E-state index is 0.117. The average molecular weight is 364 g/mol. The van der Waals surface area contributed by atoms with Crippen LogP contribution in [0.25, 0.3) is 0 Å². The molecule has 1 N–H and O–H groups in total. The summed E-state index contributed by atoms with van der Waals surface area (Å²) in [6, 6.07) is 12.1. The van der Waals surface area contributed by atoms with Gasteiger partial charge in [-0.05, 0) is 62.1 Å². The largest absolute Gasteiger partial charge is 0.372 e. The van der Waals surface area contributed by atoms with E-state index in [2.05, 4.69) is 39.5 Å². The Bertz CT molecular complexity index is 760. The van der Waals surface area contributed by atoms with E-state index in [-0.39, 0.29) is 5.91 Å². The molecular weight excluding hydrogens is 336 g/mol. The molecular formula is C22H28N4O. The van der Waals surface area contributed by atoms with Crippen LogP contribution in [0.5, 0.6) is 0 Å². The van der Waals surface area contributed by atoms with Crippen LogP contribution in [-0.2, 0) is 0 Å². The van der Waals surface area contributed by atoms with E-state index in [1.165, 1.54) is 31.4 Å². The van der Waals surface area contributed by atoms with Gasteiger partial charge in [0.1, 0.15) is 5.82 Å². The molecule has 27 heavy (non-hydrogen) atoms. The van der Waals surface area contributed by atoms with E-state index in [0.717, 1.165) is 44.7 Å². The zero-order valence-electron chi connectivity index (χ0n) is 15.9. The standard InChI is InChI=1S/C22H28N4O/c27-22(26-15-3-1-2-4-16-26)18-11-12-23-21(17-18)24-19-7-9-20(10-8-19)25-13-5-6-14-25/h7-12,17H,1-6,13-16H2,(H,23,24). The van der Waals surface area contributed by atoms with Gasteiger partial charge in [0.25, 0.3) is 5.91 Å². The number of amides is 1. The molecule has 1 aromatic heterocycles. The Balaban J connectivity index is 1.43. The van der Waals surface area contributed by atoms with Crippen LogP contribution >= 0.6 is 0 Å². The van der Waals surface area contributed by atoms with E-state index in [9.17, 15) is 4.79 Å². The predicted molar refractivity (Wildman–Crippen MR) is 110 cm³/mol. The number of likely N-dealkylation sites (tertiary alicyclic amines) is 1. The smallest absolute Gasteiger partial charge is 0.254 e. The third kappa shape index (κ3) is 4.41. The summed E-state index contributed by atoms with van der Waals surface area (Å²) in [6.45, 7) is 4.02. The van der Waals surface area contributed by atoms with Crippen LogP contribution in [0.1, 0.15) is 48.9 Å². The number of carbonyl (C=O) groups excluding carboxylic acids is 1. The van der Waals surface area contributed by atoms with Crippen LogP contribution in [0.4, 0.5) is 17.2 Å². The van der Waals surface area contributed by atoms with Crippen molar-refractivity contribution in [1.82, 2.24) is 9.88 Å². The second-order valence-electron chi connectivity index (χ2n) is 7.50. The topological polar surface area (TPSA) is 48.5 Å². The molecule has 2 saturated heterocycles. The number of aromatic nitrogens is 1. The number of anilines is 3. The molecule has 5 heteroatoms. The van der Waals surface area contributed by atoms with E-state index in [1.54, 1.807) is 6.20 Å². The summed E-state index contributed by atoms with van der Waals surface area (Å²) >= 11 is 0. The van der Waals surface area contributed by atoms with E-state index in [0.29, 0.717) is 11.4 Å². The van der Waals surface area contributed by atoms with Crippen molar-refractivity contribution < 1.29 is 4.79 Å². The molecule has 0 atom stereocenters. The maximum Gasteiger partial charge on any atom is 0.254 e. The van der Waals surface area contributed by atoms with Gasteiger partial charge in [-0.2, -0.15) is 0 Å². The normalized spacial score (nSPS) is 17.6. The van der Waals surface area contributed by atoms with Crippen molar-refractivity contribution in [3.05, 3.63) is 48.2 Å². The highest BCUT2D eigenvalue weighted by Crippen LogP contribution is 2.24. The minimum absolute atomic E-state index is 0.117. The van der Waals surface area contributed by atoms with Gasteiger partial charge in [-0.3, -0.25) is 4.79 Å². The lowest BCUT2D eigenvalue weighted by molar-refractivity contribution is 0.0761. The van der Waals surface area contributed by atoms with Gasteiger partial charge in [-0.15, -0.1) is 0 Å². The monoisotopic (exact) mass is 364 g/mol. The second kappa shape index (κ2) is 8.42. The lowest BCUT2D eigenvalue weighted by Crippen LogP contribution is -2.31. The summed E-state index contributed by atoms with van der Waals surface area (Å²) < 4.78 is 0. The minimum Gasteiger partial charge on any atom is -0.372 e. The Labute approximate surface area is 161 Å². The Kier molecular flexibility index (Phi) is 5.56. The number of hydrogen-bond donors (Lipinski definition) is 1. The fourth-order valence-corrected chi connectivity index (χ4v) is 3.97. The highest BCUT2D eigenvalue weighted by Gasteiger charge is 2.18. The Morgan fingerprint density at radius 1 is 0.852 bits per heavy atom. The van der Waals surface area contributed by atoms with Crippen molar-refractivity contribution in [2.75, 3.05) is 36.4 Å². The van der Waals surface area contributed by atoms with Gasteiger partial charge >= 0.3 is 0 Å². The first-order chi connectivity index (χ1) is 13.3. The Morgan fingerprint density at radius 3 is 2.22 bits per heavy atom. The molecule has 0 bridgehead atoms. The molecule has 0 radical (unpaired) electrons. The molecule has 0 aliphatic carbocycles. The molecule has 3 heterocycles. The molecule has 142 valence electrons. The summed E-state index contributed by atoms with van der Waals surface area (Å²) in [5.74, 6) is 0.830. The van der Waals surface area contributed by atoms with E-state index in [1.807, 2.05) is 17.0 Å². The summed E-state index contributed by atoms with van der Waals surface area (Å²) in [5, 5.41) is 3.33. The zero-order valence-corrected chi connectivity index (χ0v) is 15.9. The fraction of sp³-hybridized carbons (Fsp3) is 0.455. The van der Waals surface area contributed by atoms with Crippen LogP contribution in [0.15, 0.2) is 42.6 Å². The van der Waals surface area contributed by atoms with Crippen molar-refractivity contribution in [2.24, 2.45) is 0 Å². The van der Waals surface area contributed by atoms with Gasteiger partial charge in [0.05, 0.1) is 0 Å². The lowest BCUT2D eigenvalue weighted by atomic mass is 10.2. The molecule has 5 nitrogen and oxygen atoms in total. The third-order valence-electron chi connectivity index (χ3n) is 5.51. The second-order valence-corrected chi connectivity index (χ2v) is 7.50. The number of nitrogens with one attached hydrogen (secondary N) is 1. The molecule has 4 rings (SSSR count). The SMILES string of the molecule is O=C(c1ccnc(Nc2ccc(N3CCCC3)cc2)c1)N1CCCCCC1. The zero-order chi connectivity index (χ0) is 18.5. The van der Waals surface area contributed by atoms with Crippen LogP contribution in [-0.4, -0.2) is 42.0 Å². The Hall–Kier alpha value is -2.56. The predicted octanol–water partition coefficient (Wildman–Crippen LogP) is 4.44. The first kappa shape index (κ1) is 17.8. The highest BCUT2D eigenvalue weighted by molar-refractivity contribution is 5.95. The fourth-order valence-electron chi connectivity index (χ4n) is 3.97. The first-order valence-corrected chi connectivity index (χ1v) is 10.2. The molecule has 0 spiro atoms. The molecule has 2 aliphatic rings. The van der Waals surface area contributed by atoms with Crippen molar-refractivity contribution in [1.29, 1.82) is 0 Å². The van der Waals surface area contributed by atoms with E-state index in [4.69, 9.17) is 0 Å². The molecule has 1 aromatic carbocycles. The van der Waals surface area contributed by atoms with Gasteiger partial charge in [-0.25, -0.2) is 4.98 Å². The summed E-state index contributed by atoms with van der Waals surface area (Å²) in [6.07, 6.45) is 8.92. The molecule has 2 aromatic rings. The number of pyridine rings is 1. The summed E-state index contributed by atoms with van der Waals surface area (Å²) in [5.41, 5.74) is 2.98. The first-order valence-electron chi connectivity index (χ1n) is 10.2. The quantitative estimate of drug-likeness (QED) is 0.871. The molecule has 2 aliphatic heterocycles. The maximum atomic E-state index is 12.8. The van der Waals surface area contributed by atoms with Gasteiger partial charge < -0.3 is 15.1 Å². The van der Waals surface area contributed by atoms with Crippen molar-refractivity contribution in [2.45, 2.75) is 38.5 Å². The van der Waals surface area contributed by atoms with E-state index < -0.39 is 0 Å². The number of rotatable bonds is 4. The van der Waals surface area contributed by atoms with Crippen LogP contribution in [0, 0.1) is 0 Å². The summed E-state index contributed by atoms with van der Waals surface area (Å²) in [7, 11) is 0. The lowest BCUT2D eigenvalue weighted by Gasteiger charge is -2.20. The van der Waals surface area contributed by atoms with Gasteiger partial charge in [0.15, 0.2) is 0 Å². The number of carbonyl (C=O) groups is 1. The number of benzene rings is 1. The van der Waals surface area contributed by atoms with Gasteiger partial charge in [-0.1, -0.05) is 12.8 Å². The van der Waals surface area contributed by atoms with Gasteiger partial charge in [0, 0.05) is 49.3 Å². The van der Waals surface area contributed by atoms with Gasteiger partial charge in [0.2, 0.25) is 0 Å². The van der Waals surface area contributed by atoms with Crippen LogP contribution in [0.2, 0.25) is 0 Å². The molecule has 0 unspecified atom stereocenters. The van der Waals surface area contributed by atoms with Crippen LogP contribution in [0.3, 0.4) is 0 Å². The molecule has 2 fully saturated rings. The number of hydrogen-bond acceptors (Lipinski definition) is 4. The Morgan fingerprint density at radius 2 is 1.52 bits per heavy atom. The highest BCUT2D eigenvalue weighted by atomic mass is 16.2. The number of nitrogens with zero attached hydrogens (tertiary/aromatic N) is 3. The average Bonchev–Trinajstić information content (AvgIpc) is 3.11. The van der Waals surface area contributed by atoms with Crippen molar-refractivity contribution in [3.8, 4) is 0 Å². The van der Waals surface area contributed by atoms with Crippen LogP contribution < -0.4 is 10.2 Å². The summed E-state index contributed by atoms with van der Waals surface area (Å²) in [4.78, 5) is 21.6. The van der Waals surface area contributed by atoms with Crippen molar-refractivity contribution >= 4 is 23.1 Å². The van der Waals surface area contributed by atoms with Crippen molar-refractivity contribution in [3.63, 3.8) is 0 Å². The third-order valence-corrected chi connectivity index (χ3v) is 5.51.